The minimum absolute atomic E-state index is 0.126. The highest BCUT2D eigenvalue weighted by Gasteiger charge is 2.22. The summed E-state index contributed by atoms with van der Waals surface area (Å²) in [6, 6.07) is 109. The fourth-order valence-corrected chi connectivity index (χ4v) is 16.5. The summed E-state index contributed by atoms with van der Waals surface area (Å²) in [5, 5.41) is 18.9. The van der Waals surface area contributed by atoms with Crippen molar-refractivity contribution in [2.45, 2.75) is 26.2 Å². The SMILES string of the molecule is CC(C)(C)c1ccc(-c2c3ccccc3c(-c3ccc(-c4cccc5c4sc4ccccc45)cc3)c3ccccc23)cc1.c1ccc2oc(-c3c4ccccc4c(-c4ccc5cc(-c6cccc7c6sc6ccccc67)ccc5c4)c4ccccc34)cc2c1. The Bertz CT molecular complexity index is 5680. The van der Waals surface area contributed by atoms with Crippen LogP contribution in [0.15, 0.2) is 302 Å². The number of thiophene rings is 2. The Balaban J connectivity index is 0.000000138. The van der Waals surface area contributed by atoms with Gasteiger partial charge in [0.05, 0.1) is 0 Å². The summed E-state index contributed by atoms with van der Waals surface area (Å²) in [5.74, 6) is 0.903. The van der Waals surface area contributed by atoms with E-state index in [0.717, 1.165) is 22.3 Å². The van der Waals surface area contributed by atoms with Crippen LogP contribution in [-0.2, 0) is 5.41 Å². The van der Waals surface area contributed by atoms with Gasteiger partial charge in [-0.3, -0.25) is 0 Å². The minimum Gasteiger partial charge on any atom is -0.456 e. The molecular weight excluding hydrogens is 1110 g/mol. The minimum atomic E-state index is 0.126. The number of fused-ring (bicyclic) bond motifs is 12. The number of benzene rings is 15. The van der Waals surface area contributed by atoms with E-state index in [2.05, 4.69) is 306 Å². The number of para-hydroxylation sites is 1. The van der Waals surface area contributed by atoms with Gasteiger partial charge in [0.15, 0.2) is 0 Å². The Hall–Kier alpha value is -10.4. The first-order valence-corrected chi connectivity index (χ1v) is 32.3. The van der Waals surface area contributed by atoms with Crippen molar-refractivity contribution >= 4 is 128 Å². The van der Waals surface area contributed by atoms with Crippen LogP contribution in [0.25, 0.3) is 172 Å². The molecule has 0 aliphatic carbocycles. The van der Waals surface area contributed by atoms with Crippen LogP contribution in [0, 0.1) is 0 Å². The predicted molar refractivity (Wildman–Crippen MR) is 387 cm³/mol. The van der Waals surface area contributed by atoms with E-state index >= 15 is 0 Å². The van der Waals surface area contributed by atoms with E-state index in [-0.39, 0.29) is 5.41 Å². The molecule has 0 spiro atoms. The molecule has 0 amide bonds. The van der Waals surface area contributed by atoms with Gasteiger partial charge < -0.3 is 4.42 Å². The fourth-order valence-electron chi connectivity index (χ4n) is 14.0. The summed E-state index contributed by atoms with van der Waals surface area (Å²) < 4.78 is 11.8. The monoisotopic (exact) mass is 1170 g/mol. The van der Waals surface area contributed by atoms with Crippen LogP contribution in [0.3, 0.4) is 0 Å². The molecule has 15 aromatic carbocycles. The van der Waals surface area contributed by atoms with Crippen molar-refractivity contribution in [1.82, 2.24) is 0 Å². The second kappa shape index (κ2) is 21.2. The molecule has 3 heteroatoms. The van der Waals surface area contributed by atoms with Gasteiger partial charge in [0.2, 0.25) is 0 Å². The Morgan fingerprint density at radius 2 is 0.618 bits per heavy atom. The highest BCUT2D eigenvalue weighted by molar-refractivity contribution is 7.26. The van der Waals surface area contributed by atoms with Crippen LogP contribution < -0.4 is 0 Å². The Kier molecular flexibility index (Phi) is 12.6. The first-order valence-electron chi connectivity index (χ1n) is 30.7. The summed E-state index contributed by atoms with van der Waals surface area (Å²) >= 11 is 3.77. The Labute approximate surface area is 524 Å². The summed E-state index contributed by atoms with van der Waals surface area (Å²) in [6.07, 6.45) is 0. The summed E-state index contributed by atoms with van der Waals surface area (Å²) in [5.41, 5.74) is 16.2. The average Bonchev–Trinajstić information content (AvgIpc) is 1.27. The average molecular weight is 1170 g/mol. The smallest absolute Gasteiger partial charge is 0.136 e. The molecule has 3 aromatic heterocycles. The van der Waals surface area contributed by atoms with Crippen molar-refractivity contribution in [3.8, 4) is 67.0 Å². The molecule has 0 saturated heterocycles. The number of hydrogen-bond acceptors (Lipinski definition) is 3. The van der Waals surface area contributed by atoms with Crippen molar-refractivity contribution in [2.24, 2.45) is 0 Å². The van der Waals surface area contributed by atoms with Crippen molar-refractivity contribution in [1.29, 1.82) is 0 Å². The third-order valence-corrected chi connectivity index (χ3v) is 20.7. The topological polar surface area (TPSA) is 13.1 Å². The molecule has 0 saturated carbocycles. The molecule has 18 aromatic rings. The van der Waals surface area contributed by atoms with E-state index in [1.807, 2.05) is 34.8 Å². The van der Waals surface area contributed by atoms with E-state index in [4.69, 9.17) is 4.42 Å². The molecule has 420 valence electrons. The van der Waals surface area contributed by atoms with Crippen molar-refractivity contribution in [2.75, 3.05) is 0 Å². The first-order chi connectivity index (χ1) is 43.8. The molecule has 0 radical (unpaired) electrons. The third kappa shape index (κ3) is 8.95. The third-order valence-electron chi connectivity index (χ3n) is 18.3. The quantitative estimate of drug-likeness (QED) is 0.151. The Morgan fingerprint density at radius 1 is 0.258 bits per heavy atom. The van der Waals surface area contributed by atoms with E-state index in [9.17, 15) is 0 Å². The van der Waals surface area contributed by atoms with E-state index in [0.29, 0.717) is 0 Å². The molecule has 0 N–H and O–H groups in total. The molecule has 3 heterocycles. The maximum atomic E-state index is 6.47. The largest absolute Gasteiger partial charge is 0.456 e. The van der Waals surface area contributed by atoms with Crippen LogP contribution in [0.5, 0.6) is 0 Å². The maximum absolute atomic E-state index is 6.47. The second-order valence-electron chi connectivity index (χ2n) is 24.6. The summed E-state index contributed by atoms with van der Waals surface area (Å²) in [4.78, 5) is 0. The highest BCUT2D eigenvalue weighted by atomic mass is 32.1. The lowest BCUT2D eigenvalue weighted by Crippen LogP contribution is -2.10. The standard InChI is InChI=1S/C44H26OS.C42H32S/c1-7-18-39-30(10-1)26-40(45-39)43-36-14-4-2-12-34(36)42(35-13-3-5-15-37(35)43)31-23-21-27-24-29(22-20-28(27)25-31)32-16-9-17-38-33-11-6-8-19-41(33)46-44(32)38;1-42(2,3)30-25-23-29(24-26-30)40-35-14-6-4-12-33(35)39(34-13-5-7-15-36(34)40)28-21-19-27(20-22-28)31-16-10-17-37-32-11-8-9-18-38(32)43-41(31)37/h1-26H;4-26H,1-3H3. The van der Waals surface area contributed by atoms with Gasteiger partial charge in [-0.25, -0.2) is 0 Å². The van der Waals surface area contributed by atoms with Gasteiger partial charge in [0, 0.05) is 51.3 Å². The zero-order chi connectivity index (χ0) is 59.3. The van der Waals surface area contributed by atoms with Gasteiger partial charge in [0.25, 0.3) is 0 Å². The molecule has 0 fully saturated rings. The highest BCUT2D eigenvalue weighted by Crippen LogP contribution is 2.49. The van der Waals surface area contributed by atoms with Crippen LogP contribution in [0.1, 0.15) is 26.3 Å². The van der Waals surface area contributed by atoms with Gasteiger partial charge in [-0.1, -0.05) is 282 Å². The zero-order valence-corrected chi connectivity index (χ0v) is 51.1. The predicted octanol–water partition coefficient (Wildman–Crippen LogP) is 25.9. The first kappa shape index (κ1) is 52.9. The molecule has 18 rings (SSSR count). The number of hydrogen-bond donors (Lipinski definition) is 0. The van der Waals surface area contributed by atoms with E-state index < -0.39 is 0 Å². The number of rotatable bonds is 6. The van der Waals surface area contributed by atoms with E-state index in [1.165, 1.54) is 155 Å². The van der Waals surface area contributed by atoms with Crippen LogP contribution in [0.2, 0.25) is 0 Å². The van der Waals surface area contributed by atoms with Gasteiger partial charge >= 0.3 is 0 Å². The lowest BCUT2D eigenvalue weighted by Gasteiger charge is -2.21. The van der Waals surface area contributed by atoms with Gasteiger partial charge in [-0.2, -0.15) is 0 Å². The van der Waals surface area contributed by atoms with Gasteiger partial charge in [-0.15, -0.1) is 22.7 Å². The number of furan rings is 1. The van der Waals surface area contributed by atoms with Gasteiger partial charge in [-0.05, 0) is 157 Å². The van der Waals surface area contributed by atoms with Crippen LogP contribution in [-0.4, -0.2) is 0 Å². The molecule has 0 aliphatic rings. The zero-order valence-electron chi connectivity index (χ0n) is 49.5. The second-order valence-corrected chi connectivity index (χ2v) is 26.7. The van der Waals surface area contributed by atoms with Crippen molar-refractivity contribution in [3.05, 3.63) is 303 Å². The van der Waals surface area contributed by atoms with Crippen molar-refractivity contribution < 1.29 is 4.42 Å². The van der Waals surface area contributed by atoms with Gasteiger partial charge in [0.1, 0.15) is 11.3 Å². The molecule has 1 nitrogen and oxygen atoms in total. The fraction of sp³-hybridized carbons (Fsp3) is 0.0465. The van der Waals surface area contributed by atoms with E-state index in [1.54, 1.807) is 0 Å². The lowest BCUT2D eigenvalue weighted by molar-refractivity contribution is 0.590. The summed E-state index contributed by atoms with van der Waals surface area (Å²) in [6.45, 7) is 6.82. The van der Waals surface area contributed by atoms with Crippen LogP contribution >= 0.6 is 22.7 Å². The Morgan fingerprint density at radius 3 is 1.10 bits per heavy atom. The summed E-state index contributed by atoms with van der Waals surface area (Å²) in [7, 11) is 0. The lowest BCUT2D eigenvalue weighted by atomic mass is 9.83. The van der Waals surface area contributed by atoms with Crippen LogP contribution in [0.4, 0.5) is 0 Å². The molecular formula is C86H58OS2. The van der Waals surface area contributed by atoms with Crippen molar-refractivity contribution in [3.63, 3.8) is 0 Å². The normalized spacial score (nSPS) is 12.0. The maximum Gasteiger partial charge on any atom is 0.136 e. The molecule has 0 unspecified atom stereocenters. The molecule has 0 aliphatic heterocycles. The molecule has 89 heavy (non-hydrogen) atoms. The molecule has 0 atom stereocenters. The molecule has 0 bridgehead atoms.